The van der Waals surface area contributed by atoms with Crippen LogP contribution in [0.5, 0.6) is 0 Å². The van der Waals surface area contributed by atoms with Crippen molar-refractivity contribution in [3.8, 4) is 0 Å². The van der Waals surface area contributed by atoms with Gasteiger partial charge in [-0.2, -0.15) is 0 Å². The number of rotatable bonds is 1. The Morgan fingerprint density at radius 1 is 1.27 bits per heavy atom. The van der Waals surface area contributed by atoms with Crippen molar-refractivity contribution in [3.05, 3.63) is 34.4 Å². The van der Waals surface area contributed by atoms with Crippen LogP contribution in [0.4, 0.5) is 0 Å². The molecule has 0 fully saturated rings. The number of aryl methyl sites for hydroxylation is 2. The number of benzene rings is 1. The van der Waals surface area contributed by atoms with Gasteiger partial charge in [0.05, 0.1) is 0 Å². The standard InChI is InChI=1S/C12H16N2O/c1-7-3-9-5-11(12(13)14-15)6-10(9)4-8(7)2/h3-4,11,15H,5-6H2,1-2H3,(H2,13,14). The molecule has 0 amide bonds. The predicted octanol–water partition coefficient (Wildman–Crippen LogP) is 1.76. The van der Waals surface area contributed by atoms with Crippen LogP contribution in [-0.2, 0) is 12.8 Å². The molecule has 0 aliphatic heterocycles. The van der Waals surface area contributed by atoms with E-state index in [1.165, 1.54) is 22.3 Å². The van der Waals surface area contributed by atoms with Crippen molar-refractivity contribution in [2.45, 2.75) is 26.7 Å². The minimum Gasteiger partial charge on any atom is -0.409 e. The van der Waals surface area contributed by atoms with Gasteiger partial charge in [-0.05, 0) is 48.9 Å². The Balaban J connectivity index is 2.32. The second-order valence-corrected chi connectivity index (χ2v) is 4.34. The lowest BCUT2D eigenvalue weighted by atomic mass is 10.0. The molecule has 80 valence electrons. The van der Waals surface area contributed by atoms with Crippen LogP contribution in [0.3, 0.4) is 0 Å². The van der Waals surface area contributed by atoms with Gasteiger partial charge in [-0.15, -0.1) is 0 Å². The molecular formula is C12H16N2O. The van der Waals surface area contributed by atoms with Crippen LogP contribution in [0.1, 0.15) is 22.3 Å². The Kier molecular flexibility index (Phi) is 2.39. The zero-order valence-corrected chi connectivity index (χ0v) is 9.12. The predicted molar refractivity (Wildman–Crippen MR) is 60.2 cm³/mol. The number of oxime groups is 1. The smallest absolute Gasteiger partial charge is 0.142 e. The molecule has 0 saturated carbocycles. The minimum atomic E-state index is 0.172. The maximum Gasteiger partial charge on any atom is 0.142 e. The molecule has 0 heterocycles. The molecule has 1 aromatic carbocycles. The van der Waals surface area contributed by atoms with Crippen LogP contribution in [-0.4, -0.2) is 11.0 Å². The molecule has 0 bridgehead atoms. The third-order valence-corrected chi connectivity index (χ3v) is 3.28. The van der Waals surface area contributed by atoms with E-state index in [-0.39, 0.29) is 5.92 Å². The van der Waals surface area contributed by atoms with E-state index in [1.807, 2.05) is 0 Å². The quantitative estimate of drug-likeness (QED) is 0.317. The molecule has 0 radical (unpaired) electrons. The largest absolute Gasteiger partial charge is 0.409 e. The summed E-state index contributed by atoms with van der Waals surface area (Å²) in [6.45, 7) is 4.23. The van der Waals surface area contributed by atoms with E-state index in [4.69, 9.17) is 10.9 Å². The van der Waals surface area contributed by atoms with E-state index in [9.17, 15) is 0 Å². The molecule has 0 saturated heterocycles. The molecule has 0 unspecified atom stereocenters. The summed E-state index contributed by atoms with van der Waals surface area (Å²) in [6, 6.07) is 4.44. The summed E-state index contributed by atoms with van der Waals surface area (Å²) in [6.07, 6.45) is 1.79. The topological polar surface area (TPSA) is 58.6 Å². The third kappa shape index (κ3) is 1.69. The van der Waals surface area contributed by atoms with Gasteiger partial charge in [-0.3, -0.25) is 0 Å². The van der Waals surface area contributed by atoms with Gasteiger partial charge in [0.2, 0.25) is 0 Å². The summed E-state index contributed by atoms with van der Waals surface area (Å²) < 4.78 is 0. The molecule has 2 rings (SSSR count). The van der Waals surface area contributed by atoms with E-state index in [0.717, 1.165) is 12.8 Å². The average molecular weight is 204 g/mol. The maximum absolute atomic E-state index is 8.65. The van der Waals surface area contributed by atoms with Crippen LogP contribution < -0.4 is 5.73 Å². The summed E-state index contributed by atoms with van der Waals surface area (Å²) >= 11 is 0. The van der Waals surface area contributed by atoms with Crippen molar-refractivity contribution in [3.63, 3.8) is 0 Å². The Morgan fingerprint density at radius 2 is 1.73 bits per heavy atom. The van der Waals surface area contributed by atoms with E-state index >= 15 is 0 Å². The summed E-state index contributed by atoms with van der Waals surface area (Å²) in [5.41, 5.74) is 10.9. The van der Waals surface area contributed by atoms with Crippen LogP contribution in [0.2, 0.25) is 0 Å². The van der Waals surface area contributed by atoms with E-state index in [0.29, 0.717) is 5.84 Å². The van der Waals surface area contributed by atoms with E-state index in [1.54, 1.807) is 0 Å². The van der Waals surface area contributed by atoms with E-state index in [2.05, 4.69) is 31.1 Å². The number of hydrogen-bond acceptors (Lipinski definition) is 2. The van der Waals surface area contributed by atoms with Crippen molar-refractivity contribution < 1.29 is 5.21 Å². The summed E-state index contributed by atoms with van der Waals surface area (Å²) in [4.78, 5) is 0. The molecule has 1 aliphatic rings. The Morgan fingerprint density at radius 3 is 2.13 bits per heavy atom. The fourth-order valence-corrected chi connectivity index (χ4v) is 2.21. The molecule has 0 atom stereocenters. The van der Waals surface area contributed by atoms with Gasteiger partial charge in [0.25, 0.3) is 0 Å². The number of amidine groups is 1. The highest BCUT2D eigenvalue weighted by Gasteiger charge is 2.25. The van der Waals surface area contributed by atoms with Crippen molar-refractivity contribution in [1.82, 2.24) is 0 Å². The fourth-order valence-electron chi connectivity index (χ4n) is 2.21. The molecule has 0 spiro atoms. The second-order valence-electron chi connectivity index (χ2n) is 4.34. The van der Waals surface area contributed by atoms with Crippen molar-refractivity contribution in [2.75, 3.05) is 0 Å². The van der Waals surface area contributed by atoms with Gasteiger partial charge in [0.15, 0.2) is 0 Å². The van der Waals surface area contributed by atoms with Crippen molar-refractivity contribution in [1.29, 1.82) is 0 Å². The zero-order chi connectivity index (χ0) is 11.0. The normalized spacial score (nSPS) is 16.8. The van der Waals surface area contributed by atoms with E-state index < -0.39 is 0 Å². The van der Waals surface area contributed by atoms with Crippen LogP contribution in [0.25, 0.3) is 0 Å². The molecule has 1 aromatic rings. The van der Waals surface area contributed by atoms with Gasteiger partial charge in [0, 0.05) is 5.92 Å². The first-order valence-corrected chi connectivity index (χ1v) is 5.18. The maximum atomic E-state index is 8.65. The number of fused-ring (bicyclic) bond motifs is 1. The fraction of sp³-hybridized carbons (Fsp3) is 0.417. The van der Waals surface area contributed by atoms with Gasteiger partial charge >= 0.3 is 0 Å². The van der Waals surface area contributed by atoms with Crippen LogP contribution in [0.15, 0.2) is 17.3 Å². The van der Waals surface area contributed by atoms with Gasteiger partial charge in [0.1, 0.15) is 5.84 Å². The molecule has 3 nitrogen and oxygen atoms in total. The molecule has 1 aliphatic carbocycles. The Labute approximate surface area is 89.6 Å². The van der Waals surface area contributed by atoms with Crippen LogP contribution >= 0.6 is 0 Å². The highest BCUT2D eigenvalue weighted by molar-refractivity contribution is 5.83. The molecular weight excluding hydrogens is 188 g/mol. The number of nitrogens with two attached hydrogens (primary N) is 1. The van der Waals surface area contributed by atoms with Crippen molar-refractivity contribution >= 4 is 5.84 Å². The lowest BCUT2D eigenvalue weighted by molar-refractivity contribution is 0.314. The minimum absolute atomic E-state index is 0.172. The Hall–Kier alpha value is -1.51. The Bertz CT molecular complexity index is 393. The molecule has 0 aromatic heterocycles. The summed E-state index contributed by atoms with van der Waals surface area (Å²) in [7, 11) is 0. The first-order chi connectivity index (χ1) is 7.11. The second kappa shape index (κ2) is 3.57. The first-order valence-electron chi connectivity index (χ1n) is 5.18. The zero-order valence-electron chi connectivity index (χ0n) is 9.12. The summed E-state index contributed by atoms with van der Waals surface area (Å²) in [5.74, 6) is 0.521. The number of nitrogens with zero attached hydrogens (tertiary/aromatic N) is 1. The average Bonchev–Trinajstić information content (AvgIpc) is 2.60. The molecule has 3 heteroatoms. The summed E-state index contributed by atoms with van der Waals surface area (Å²) in [5, 5.41) is 11.7. The molecule has 3 N–H and O–H groups in total. The molecule has 15 heavy (non-hydrogen) atoms. The van der Waals surface area contributed by atoms with Crippen molar-refractivity contribution in [2.24, 2.45) is 16.8 Å². The van der Waals surface area contributed by atoms with Crippen LogP contribution in [0, 0.1) is 19.8 Å². The van der Waals surface area contributed by atoms with Gasteiger partial charge in [-0.25, -0.2) is 0 Å². The highest BCUT2D eigenvalue weighted by Crippen LogP contribution is 2.29. The highest BCUT2D eigenvalue weighted by atomic mass is 16.4. The lowest BCUT2D eigenvalue weighted by Crippen LogP contribution is -2.23. The SMILES string of the molecule is Cc1cc2c(cc1C)CC(/C(N)=N/O)C2. The van der Waals surface area contributed by atoms with Gasteiger partial charge in [-0.1, -0.05) is 17.3 Å². The number of hydrogen-bond donors (Lipinski definition) is 2. The third-order valence-electron chi connectivity index (χ3n) is 3.28. The monoisotopic (exact) mass is 204 g/mol. The van der Waals surface area contributed by atoms with Gasteiger partial charge < -0.3 is 10.9 Å². The first kappa shape index (κ1) is 10.0. The lowest BCUT2D eigenvalue weighted by Gasteiger charge is -2.04.